The van der Waals surface area contributed by atoms with Crippen molar-refractivity contribution in [2.75, 3.05) is 24.7 Å². The van der Waals surface area contributed by atoms with E-state index in [4.69, 9.17) is 4.74 Å². The average molecular weight is 344 g/mol. The molecule has 2 unspecified atom stereocenters. The quantitative estimate of drug-likeness (QED) is 0.913. The van der Waals surface area contributed by atoms with Crippen LogP contribution in [0.25, 0.3) is 0 Å². The Morgan fingerprint density at radius 3 is 2.64 bits per heavy atom. The highest BCUT2D eigenvalue weighted by Gasteiger charge is 2.34. The van der Waals surface area contributed by atoms with E-state index in [0.717, 1.165) is 31.1 Å². The molecule has 2 saturated heterocycles. The molecule has 1 aromatic heterocycles. The Bertz CT molecular complexity index is 584. The van der Waals surface area contributed by atoms with Crippen molar-refractivity contribution in [3.8, 4) is 0 Å². The van der Waals surface area contributed by atoms with E-state index in [2.05, 4.69) is 20.4 Å². The number of anilines is 1. The third kappa shape index (κ3) is 3.78. The van der Waals surface area contributed by atoms with Gasteiger partial charge in [0, 0.05) is 31.8 Å². The lowest BCUT2D eigenvalue weighted by atomic mass is 9.78. The fraction of sp³-hybridized carbons (Fsp3) is 0.737. The lowest BCUT2D eigenvalue weighted by molar-refractivity contribution is 0.0693. The molecular formula is C19H28N4O2. The standard InChI is InChI=1S/C19H28N4O2/c24-19(20-15-9-12-25-13-10-15)16-7-8-18(22-21-16)23-11-3-5-14-4-1-2-6-17(14)23/h7-8,14-15,17H,1-6,9-13H2,(H,20,24). The molecule has 1 aromatic rings. The van der Waals surface area contributed by atoms with E-state index in [-0.39, 0.29) is 11.9 Å². The number of aromatic nitrogens is 2. The van der Waals surface area contributed by atoms with Gasteiger partial charge in [0.1, 0.15) is 0 Å². The first kappa shape index (κ1) is 16.8. The van der Waals surface area contributed by atoms with Crippen LogP contribution in [0.3, 0.4) is 0 Å². The van der Waals surface area contributed by atoms with Gasteiger partial charge in [-0.3, -0.25) is 4.79 Å². The highest BCUT2D eigenvalue weighted by Crippen LogP contribution is 2.36. The van der Waals surface area contributed by atoms with Crippen molar-refractivity contribution in [1.29, 1.82) is 0 Å². The number of piperidine rings is 1. The van der Waals surface area contributed by atoms with Crippen molar-refractivity contribution in [2.45, 2.75) is 63.5 Å². The predicted octanol–water partition coefficient (Wildman–Crippen LogP) is 2.54. The Morgan fingerprint density at radius 1 is 1.04 bits per heavy atom. The Kier molecular flexibility index (Phi) is 5.15. The van der Waals surface area contributed by atoms with E-state index in [9.17, 15) is 4.79 Å². The predicted molar refractivity (Wildman–Crippen MR) is 95.7 cm³/mol. The maximum absolute atomic E-state index is 12.4. The summed E-state index contributed by atoms with van der Waals surface area (Å²) in [6, 6.07) is 4.60. The van der Waals surface area contributed by atoms with Gasteiger partial charge < -0.3 is 15.0 Å². The van der Waals surface area contributed by atoms with E-state index in [1.807, 2.05) is 12.1 Å². The minimum absolute atomic E-state index is 0.125. The van der Waals surface area contributed by atoms with Gasteiger partial charge in [-0.2, -0.15) is 0 Å². The van der Waals surface area contributed by atoms with Gasteiger partial charge >= 0.3 is 0 Å². The van der Waals surface area contributed by atoms with Gasteiger partial charge in [0.05, 0.1) is 0 Å². The molecule has 1 saturated carbocycles. The third-order valence-electron chi connectivity index (χ3n) is 5.98. The summed E-state index contributed by atoms with van der Waals surface area (Å²) in [6.07, 6.45) is 9.61. The summed E-state index contributed by atoms with van der Waals surface area (Å²) in [5.41, 5.74) is 0.410. The summed E-state index contributed by atoms with van der Waals surface area (Å²) >= 11 is 0. The minimum Gasteiger partial charge on any atom is -0.381 e. The molecule has 3 aliphatic rings. The van der Waals surface area contributed by atoms with Crippen LogP contribution in [0.5, 0.6) is 0 Å². The first-order valence-electron chi connectivity index (χ1n) is 9.80. The number of carbonyl (C=O) groups is 1. The molecule has 1 amide bonds. The summed E-state index contributed by atoms with van der Waals surface area (Å²) in [6.45, 7) is 2.49. The molecule has 6 nitrogen and oxygen atoms in total. The van der Waals surface area contributed by atoms with Crippen LogP contribution in [0.15, 0.2) is 12.1 Å². The van der Waals surface area contributed by atoms with Crippen LogP contribution in [-0.4, -0.2) is 47.9 Å². The van der Waals surface area contributed by atoms with Crippen LogP contribution in [0, 0.1) is 5.92 Å². The highest BCUT2D eigenvalue weighted by atomic mass is 16.5. The molecule has 3 fully saturated rings. The number of carbonyl (C=O) groups excluding carboxylic acids is 1. The second-order valence-corrected chi connectivity index (χ2v) is 7.58. The van der Waals surface area contributed by atoms with E-state index in [1.54, 1.807) is 0 Å². The van der Waals surface area contributed by atoms with Crippen molar-refractivity contribution in [3.05, 3.63) is 17.8 Å². The molecule has 6 heteroatoms. The van der Waals surface area contributed by atoms with Crippen molar-refractivity contribution in [2.24, 2.45) is 5.92 Å². The van der Waals surface area contributed by atoms with Gasteiger partial charge in [-0.1, -0.05) is 12.8 Å². The van der Waals surface area contributed by atoms with Gasteiger partial charge in [-0.15, -0.1) is 10.2 Å². The number of hydrogen-bond donors (Lipinski definition) is 1. The third-order valence-corrected chi connectivity index (χ3v) is 5.98. The normalized spacial score (nSPS) is 27.6. The first-order chi connectivity index (χ1) is 12.3. The molecule has 0 spiro atoms. The Morgan fingerprint density at radius 2 is 1.84 bits per heavy atom. The lowest BCUT2D eigenvalue weighted by Gasteiger charge is -2.44. The Balaban J connectivity index is 1.41. The van der Waals surface area contributed by atoms with Crippen LogP contribution in [0.1, 0.15) is 61.9 Å². The number of nitrogens with one attached hydrogen (secondary N) is 1. The molecule has 0 aromatic carbocycles. The average Bonchev–Trinajstić information content (AvgIpc) is 2.68. The molecule has 0 bridgehead atoms. The van der Waals surface area contributed by atoms with Gasteiger partial charge in [0.25, 0.3) is 5.91 Å². The molecule has 1 N–H and O–H groups in total. The van der Waals surface area contributed by atoms with E-state index in [1.165, 1.54) is 38.5 Å². The van der Waals surface area contributed by atoms with E-state index in [0.29, 0.717) is 24.9 Å². The van der Waals surface area contributed by atoms with Crippen molar-refractivity contribution < 1.29 is 9.53 Å². The van der Waals surface area contributed by atoms with Crippen LogP contribution >= 0.6 is 0 Å². The fourth-order valence-electron chi connectivity index (χ4n) is 4.61. The van der Waals surface area contributed by atoms with Crippen molar-refractivity contribution >= 4 is 11.7 Å². The molecule has 2 aliphatic heterocycles. The molecule has 136 valence electrons. The second kappa shape index (κ2) is 7.68. The van der Waals surface area contributed by atoms with E-state index < -0.39 is 0 Å². The summed E-state index contributed by atoms with van der Waals surface area (Å²) < 4.78 is 5.33. The van der Waals surface area contributed by atoms with Gasteiger partial charge in [0.15, 0.2) is 11.5 Å². The van der Waals surface area contributed by atoms with Crippen LogP contribution < -0.4 is 10.2 Å². The highest BCUT2D eigenvalue weighted by molar-refractivity contribution is 5.92. The zero-order valence-corrected chi connectivity index (χ0v) is 14.8. The number of amides is 1. The topological polar surface area (TPSA) is 67.3 Å². The van der Waals surface area contributed by atoms with Crippen LogP contribution in [0.4, 0.5) is 5.82 Å². The largest absolute Gasteiger partial charge is 0.381 e. The first-order valence-corrected chi connectivity index (χ1v) is 9.80. The summed E-state index contributed by atoms with van der Waals surface area (Å²) in [4.78, 5) is 14.8. The molecule has 4 rings (SSSR count). The number of nitrogens with zero attached hydrogens (tertiary/aromatic N) is 3. The number of hydrogen-bond acceptors (Lipinski definition) is 5. The lowest BCUT2D eigenvalue weighted by Crippen LogP contribution is -2.47. The van der Waals surface area contributed by atoms with Gasteiger partial charge in [-0.05, 0) is 56.6 Å². The van der Waals surface area contributed by atoms with Crippen LogP contribution in [-0.2, 0) is 4.74 Å². The smallest absolute Gasteiger partial charge is 0.272 e. The SMILES string of the molecule is O=C(NC1CCOCC1)c1ccc(N2CCCC3CCCCC32)nn1. The number of ether oxygens (including phenoxy) is 1. The van der Waals surface area contributed by atoms with Crippen molar-refractivity contribution in [1.82, 2.24) is 15.5 Å². The molecule has 25 heavy (non-hydrogen) atoms. The summed E-state index contributed by atoms with van der Waals surface area (Å²) in [5.74, 6) is 1.61. The zero-order chi connectivity index (χ0) is 17.1. The zero-order valence-electron chi connectivity index (χ0n) is 14.8. The maximum atomic E-state index is 12.4. The maximum Gasteiger partial charge on any atom is 0.272 e. The summed E-state index contributed by atoms with van der Waals surface area (Å²) in [7, 11) is 0. The van der Waals surface area contributed by atoms with Crippen LogP contribution in [0.2, 0.25) is 0 Å². The van der Waals surface area contributed by atoms with Gasteiger partial charge in [0.2, 0.25) is 0 Å². The molecule has 1 aliphatic carbocycles. The summed E-state index contributed by atoms with van der Waals surface area (Å²) in [5, 5.41) is 11.7. The fourth-order valence-corrected chi connectivity index (χ4v) is 4.61. The van der Waals surface area contributed by atoms with Crippen molar-refractivity contribution in [3.63, 3.8) is 0 Å². The Hall–Kier alpha value is -1.69. The molecule has 0 radical (unpaired) electrons. The van der Waals surface area contributed by atoms with Gasteiger partial charge in [-0.25, -0.2) is 0 Å². The minimum atomic E-state index is -0.125. The molecule has 2 atom stereocenters. The number of fused-ring (bicyclic) bond motifs is 1. The molecule has 3 heterocycles. The van der Waals surface area contributed by atoms with E-state index >= 15 is 0 Å². The molecular weight excluding hydrogens is 316 g/mol. The number of rotatable bonds is 3. The monoisotopic (exact) mass is 344 g/mol. The Labute approximate surface area is 149 Å². The second-order valence-electron chi connectivity index (χ2n) is 7.58.